The highest BCUT2D eigenvalue weighted by atomic mass is 16.5. The molecule has 0 saturated heterocycles. The number of carbonyl (C=O) groups is 1. The lowest BCUT2D eigenvalue weighted by Gasteiger charge is -2.09. The van der Waals surface area contributed by atoms with Gasteiger partial charge in [0.05, 0.1) is 32.4 Å². The molecule has 0 saturated carbocycles. The molecule has 2 heterocycles. The Morgan fingerprint density at radius 1 is 1.09 bits per heavy atom. The van der Waals surface area contributed by atoms with Crippen LogP contribution in [0.4, 0.5) is 0 Å². The summed E-state index contributed by atoms with van der Waals surface area (Å²) in [4.78, 5) is 12.8. The van der Waals surface area contributed by atoms with Gasteiger partial charge in [-0.1, -0.05) is 17.3 Å². The number of carbonyl (C=O) groups excluding carboxylic acids is 1. The average Bonchev–Trinajstić information content (AvgIpc) is 3.47. The number of nitrogens with one attached hydrogen (secondary N) is 1. The summed E-state index contributed by atoms with van der Waals surface area (Å²) in [7, 11) is 3.13. The fourth-order valence-corrected chi connectivity index (χ4v) is 3.40. The topological polar surface area (TPSA) is 96.0 Å². The lowest BCUT2D eigenvalue weighted by Crippen LogP contribution is -2.26. The number of ether oxygens (including phenoxy) is 3. The van der Waals surface area contributed by atoms with Gasteiger partial charge in [-0.3, -0.25) is 4.79 Å². The van der Waals surface area contributed by atoms with E-state index >= 15 is 0 Å². The minimum Gasteiger partial charge on any atom is -0.497 e. The third kappa shape index (κ3) is 4.12. The zero-order valence-electron chi connectivity index (χ0n) is 18.3. The van der Waals surface area contributed by atoms with Crippen LogP contribution in [-0.4, -0.2) is 31.9 Å². The Morgan fingerprint density at radius 3 is 2.69 bits per heavy atom. The molecule has 1 N–H and O–H groups in total. The Labute approximate surface area is 185 Å². The zero-order chi connectivity index (χ0) is 22.7. The molecule has 4 rings (SSSR count). The molecule has 8 heteroatoms. The van der Waals surface area contributed by atoms with Crippen LogP contribution in [0.5, 0.6) is 17.2 Å². The van der Waals surface area contributed by atoms with E-state index in [0.717, 1.165) is 5.39 Å². The van der Waals surface area contributed by atoms with Crippen molar-refractivity contribution in [2.45, 2.75) is 19.9 Å². The van der Waals surface area contributed by atoms with Crippen LogP contribution in [0.2, 0.25) is 0 Å². The van der Waals surface area contributed by atoms with Crippen LogP contribution < -0.4 is 19.5 Å². The smallest absolute Gasteiger partial charge is 0.274 e. The molecular formula is C24H24N2O6. The third-order valence-electron chi connectivity index (χ3n) is 5.02. The Morgan fingerprint density at radius 2 is 1.94 bits per heavy atom. The second kappa shape index (κ2) is 9.05. The van der Waals surface area contributed by atoms with Crippen molar-refractivity contribution in [1.82, 2.24) is 10.5 Å². The fourth-order valence-electron chi connectivity index (χ4n) is 3.40. The van der Waals surface area contributed by atoms with Crippen molar-refractivity contribution in [2.24, 2.45) is 0 Å². The number of fused-ring (bicyclic) bond motifs is 1. The maximum absolute atomic E-state index is 12.8. The maximum atomic E-state index is 12.8. The van der Waals surface area contributed by atoms with Gasteiger partial charge in [0.1, 0.15) is 17.3 Å². The minimum atomic E-state index is -0.393. The number of rotatable bonds is 8. The SMILES string of the molecule is CCOc1cccc2cc(C(C)NC(=O)c3cc(-c4cc(OC)ccc4OC)on3)oc12. The first-order chi connectivity index (χ1) is 15.5. The molecule has 1 amide bonds. The number of hydrogen-bond acceptors (Lipinski definition) is 7. The van der Waals surface area contributed by atoms with Crippen molar-refractivity contribution in [2.75, 3.05) is 20.8 Å². The van der Waals surface area contributed by atoms with Gasteiger partial charge in [0.25, 0.3) is 5.91 Å². The van der Waals surface area contributed by atoms with E-state index in [1.807, 2.05) is 38.1 Å². The first-order valence-electron chi connectivity index (χ1n) is 10.2. The van der Waals surface area contributed by atoms with E-state index in [0.29, 0.717) is 46.5 Å². The van der Waals surface area contributed by atoms with Crippen molar-refractivity contribution < 1.29 is 27.9 Å². The molecule has 166 valence electrons. The van der Waals surface area contributed by atoms with Gasteiger partial charge in [-0.2, -0.15) is 0 Å². The van der Waals surface area contributed by atoms with Crippen molar-refractivity contribution in [1.29, 1.82) is 0 Å². The van der Waals surface area contributed by atoms with Crippen molar-refractivity contribution >= 4 is 16.9 Å². The third-order valence-corrected chi connectivity index (χ3v) is 5.02. The second-order valence-electron chi connectivity index (χ2n) is 7.09. The standard InChI is InChI=1S/C24H24N2O6/c1-5-30-20-8-6-7-15-11-21(31-23(15)20)14(2)25-24(27)18-13-22(32-26-18)17-12-16(28-3)9-10-19(17)29-4/h6-14H,5H2,1-4H3,(H,25,27). The monoisotopic (exact) mass is 436 g/mol. The molecule has 0 aliphatic carbocycles. The number of nitrogens with zero attached hydrogens (tertiary/aromatic N) is 1. The van der Waals surface area contributed by atoms with Gasteiger partial charge >= 0.3 is 0 Å². The van der Waals surface area contributed by atoms with E-state index in [9.17, 15) is 4.79 Å². The van der Waals surface area contributed by atoms with Crippen LogP contribution in [0, 0.1) is 0 Å². The Bertz CT molecular complexity index is 1240. The normalized spacial score (nSPS) is 11.9. The molecule has 1 unspecified atom stereocenters. The van der Waals surface area contributed by atoms with Gasteiger partial charge in [-0.15, -0.1) is 0 Å². The summed E-state index contributed by atoms with van der Waals surface area (Å²) < 4.78 is 27.6. The minimum absolute atomic E-state index is 0.142. The van der Waals surface area contributed by atoms with E-state index in [2.05, 4.69) is 10.5 Å². The average molecular weight is 436 g/mol. The summed E-state index contributed by atoms with van der Waals surface area (Å²) in [6, 6.07) is 14.0. The molecule has 4 aromatic rings. The highest BCUT2D eigenvalue weighted by Crippen LogP contribution is 2.34. The lowest BCUT2D eigenvalue weighted by atomic mass is 10.1. The second-order valence-corrected chi connectivity index (χ2v) is 7.09. The number of hydrogen-bond donors (Lipinski definition) is 1. The van der Waals surface area contributed by atoms with Gasteiger partial charge in [-0.25, -0.2) is 0 Å². The van der Waals surface area contributed by atoms with Gasteiger partial charge in [0.15, 0.2) is 22.8 Å². The summed E-state index contributed by atoms with van der Waals surface area (Å²) in [5.41, 5.74) is 1.43. The summed E-state index contributed by atoms with van der Waals surface area (Å²) >= 11 is 0. The highest BCUT2D eigenvalue weighted by Gasteiger charge is 2.21. The summed E-state index contributed by atoms with van der Waals surface area (Å²) in [5.74, 6) is 2.49. The van der Waals surface area contributed by atoms with Crippen molar-refractivity contribution in [3.63, 3.8) is 0 Å². The van der Waals surface area contributed by atoms with Crippen LogP contribution in [0.1, 0.15) is 36.1 Å². The Kier molecular flexibility index (Phi) is 6.02. The number of para-hydroxylation sites is 1. The van der Waals surface area contributed by atoms with Crippen LogP contribution in [0.25, 0.3) is 22.3 Å². The van der Waals surface area contributed by atoms with E-state index < -0.39 is 6.04 Å². The van der Waals surface area contributed by atoms with Gasteiger partial charge in [0, 0.05) is 11.5 Å². The molecule has 0 bridgehead atoms. The summed E-state index contributed by atoms with van der Waals surface area (Å²) in [5, 5.41) is 7.71. The van der Waals surface area contributed by atoms with Gasteiger partial charge in [0.2, 0.25) is 0 Å². The van der Waals surface area contributed by atoms with E-state index in [-0.39, 0.29) is 11.6 Å². The largest absolute Gasteiger partial charge is 0.497 e. The number of furan rings is 1. The van der Waals surface area contributed by atoms with E-state index in [1.165, 1.54) is 0 Å². The molecule has 1 atom stereocenters. The van der Waals surface area contributed by atoms with Crippen molar-refractivity contribution in [3.8, 4) is 28.6 Å². The lowest BCUT2D eigenvalue weighted by molar-refractivity contribution is 0.0926. The molecule has 2 aromatic carbocycles. The molecular weight excluding hydrogens is 412 g/mol. The molecule has 0 radical (unpaired) electrons. The number of methoxy groups -OCH3 is 2. The zero-order valence-corrected chi connectivity index (χ0v) is 18.3. The van der Waals surface area contributed by atoms with Crippen LogP contribution in [-0.2, 0) is 0 Å². The van der Waals surface area contributed by atoms with Crippen LogP contribution in [0.15, 0.2) is 57.5 Å². The molecule has 32 heavy (non-hydrogen) atoms. The summed E-state index contributed by atoms with van der Waals surface area (Å²) in [6.45, 7) is 4.29. The highest BCUT2D eigenvalue weighted by molar-refractivity contribution is 5.93. The van der Waals surface area contributed by atoms with Gasteiger partial charge in [-0.05, 0) is 44.2 Å². The van der Waals surface area contributed by atoms with Crippen LogP contribution in [0.3, 0.4) is 0 Å². The van der Waals surface area contributed by atoms with E-state index in [4.69, 9.17) is 23.2 Å². The van der Waals surface area contributed by atoms with E-state index in [1.54, 1.807) is 38.5 Å². The van der Waals surface area contributed by atoms with Gasteiger partial charge < -0.3 is 28.5 Å². The predicted octanol–water partition coefficient (Wildman–Crippen LogP) is 4.99. The molecule has 0 aliphatic heterocycles. The molecule has 2 aromatic heterocycles. The number of amides is 1. The Balaban J connectivity index is 1.54. The summed E-state index contributed by atoms with van der Waals surface area (Å²) in [6.07, 6.45) is 0. The quantitative estimate of drug-likeness (QED) is 0.415. The fraction of sp³-hybridized carbons (Fsp3) is 0.250. The van der Waals surface area contributed by atoms with Crippen molar-refractivity contribution in [3.05, 3.63) is 60.0 Å². The maximum Gasteiger partial charge on any atom is 0.274 e. The molecule has 0 aliphatic rings. The first-order valence-corrected chi connectivity index (χ1v) is 10.2. The number of benzene rings is 2. The molecule has 0 spiro atoms. The first kappa shape index (κ1) is 21.3. The molecule has 0 fully saturated rings. The predicted molar refractivity (Wildman–Crippen MR) is 118 cm³/mol. The Hall–Kier alpha value is -3.94. The van der Waals surface area contributed by atoms with Crippen LogP contribution >= 0.6 is 0 Å². The number of aromatic nitrogens is 1. The molecule has 8 nitrogen and oxygen atoms in total.